The summed E-state index contributed by atoms with van der Waals surface area (Å²) in [5.41, 5.74) is 2.37. The largest absolute Gasteiger partial charge is 0.341 e. The van der Waals surface area contributed by atoms with Gasteiger partial charge in [-0.25, -0.2) is 0 Å². The molecular formula is C20H27N3O. The van der Waals surface area contributed by atoms with E-state index in [0.717, 1.165) is 38.1 Å². The summed E-state index contributed by atoms with van der Waals surface area (Å²) in [6.07, 6.45) is 2.83. The summed E-state index contributed by atoms with van der Waals surface area (Å²) in [6.45, 7) is 9.87. The number of amides is 1. The first-order valence-corrected chi connectivity index (χ1v) is 8.86. The van der Waals surface area contributed by atoms with Crippen molar-refractivity contribution in [2.24, 2.45) is 5.92 Å². The maximum absolute atomic E-state index is 11.9. The first-order valence-electron chi connectivity index (χ1n) is 8.86. The average Bonchev–Trinajstić information content (AvgIpc) is 2.78. The van der Waals surface area contributed by atoms with E-state index >= 15 is 0 Å². The molecule has 0 N–H and O–H groups in total. The van der Waals surface area contributed by atoms with E-state index in [1.807, 2.05) is 17.2 Å². The van der Waals surface area contributed by atoms with Crippen molar-refractivity contribution in [3.8, 4) is 0 Å². The maximum Gasteiger partial charge on any atom is 0.219 e. The Morgan fingerprint density at radius 3 is 2.83 bits per heavy atom. The molecule has 1 fully saturated rings. The lowest BCUT2D eigenvalue weighted by Gasteiger charge is -2.27. The first-order chi connectivity index (χ1) is 11.5. The number of fused-ring (bicyclic) bond motifs is 1. The summed E-state index contributed by atoms with van der Waals surface area (Å²) in [5.74, 6) is 0.654. The molecule has 0 radical (unpaired) electrons. The van der Waals surface area contributed by atoms with Crippen LogP contribution in [0.2, 0.25) is 0 Å². The van der Waals surface area contributed by atoms with Gasteiger partial charge in [-0.05, 0) is 49.9 Å². The number of pyridine rings is 1. The normalized spacial score (nSPS) is 19.7. The number of rotatable bonds is 3. The minimum Gasteiger partial charge on any atom is -0.341 e. The number of nitrogens with zero attached hydrogens (tertiary/aromatic N) is 3. The Kier molecular flexibility index (Phi) is 5.14. The van der Waals surface area contributed by atoms with Gasteiger partial charge in [0.15, 0.2) is 0 Å². The number of hydrogen-bond donors (Lipinski definition) is 0. The molecule has 1 aromatic carbocycles. The van der Waals surface area contributed by atoms with Crippen LogP contribution < -0.4 is 0 Å². The van der Waals surface area contributed by atoms with Crippen molar-refractivity contribution < 1.29 is 4.79 Å². The maximum atomic E-state index is 11.9. The van der Waals surface area contributed by atoms with E-state index in [-0.39, 0.29) is 5.91 Å². The van der Waals surface area contributed by atoms with Crippen LogP contribution in [0.5, 0.6) is 0 Å². The lowest BCUT2D eigenvalue weighted by atomic mass is 9.97. The summed E-state index contributed by atoms with van der Waals surface area (Å²) in [7, 11) is 0. The van der Waals surface area contributed by atoms with Crippen LogP contribution in [0.25, 0.3) is 10.9 Å². The molecule has 4 heteroatoms. The van der Waals surface area contributed by atoms with Gasteiger partial charge in [-0.3, -0.25) is 14.7 Å². The fraction of sp³-hybridized carbons (Fsp3) is 0.500. The van der Waals surface area contributed by atoms with E-state index in [1.165, 1.54) is 10.9 Å². The second-order valence-electron chi connectivity index (χ2n) is 7.15. The van der Waals surface area contributed by atoms with Crippen LogP contribution in [0, 0.1) is 5.92 Å². The Morgan fingerprint density at radius 1 is 1.25 bits per heavy atom. The van der Waals surface area contributed by atoms with Crippen LogP contribution >= 0.6 is 0 Å². The van der Waals surface area contributed by atoms with Crippen LogP contribution in [0.1, 0.15) is 26.3 Å². The third-order valence-electron chi connectivity index (χ3n) is 5.00. The van der Waals surface area contributed by atoms with Gasteiger partial charge in [0, 0.05) is 50.7 Å². The molecule has 1 aromatic heterocycles. The second-order valence-corrected chi connectivity index (χ2v) is 7.15. The molecule has 1 aliphatic rings. The van der Waals surface area contributed by atoms with Gasteiger partial charge < -0.3 is 4.90 Å². The molecule has 0 saturated carbocycles. The Bertz CT molecular complexity index is 713. The zero-order chi connectivity index (χ0) is 17.1. The summed E-state index contributed by atoms with van der Waals surface area (Å²) >= 11 is 0. The van der Waals surface area contributed by atoms with Gasteiger partial charge in [-0.1, -0.05) is 12.1 Å². The van der Waals surface area contributed by atoms with E-state index in [2.05, 4.69) is 48.0 Å². The Morgan fingerprint density at radius 2 is 2.08 bits per heavy atom. The highest BCUT2D eigenvalue weighted by atomic mass is 16.2. The minimum atomic E-state index is 0.188. The van der Waals surface area contributed by atoms with Gasteiger partial charge in [0.25, 0.3) is 0 Å². The fourth-order valence-electron chi connectivity index (χ4n) is 3.60. The van der Waals surface area contributed by atoms with Crippen molar-refractivity contribution in [1.82, 2.24) is 14.8 Å². The fourth-order valence-corrected chi connectivity index (χ4v) is 3.60. The number of hydrogen-bond acceptors (Lipinski definition) is 3. The van der Waals surface area contributed by atoms with Gasteiger partial charge in [-0.2, -0.15) is 0 Å². The van der Waals surface area contributed by atoms with E-state index in [1.54, 1.807) is 6.92 Å². The molecule has 1 amide bonds. The highest BCUT2D eigenvalue weighted by Gasteiger charge is 2.25. The lowest BCUT2D eigenvalue weighted by molar-refractivity contribution is -0.129. The van der Waals surface area contributed by atoms with Gasteiger partial charge in [-0.15, -0.1) is 0 Å². The Balaban J connectivity index is 1.79. The molecule has 0 spiro atoms. The van der Waals surface area contributed by atoms with Crippen molar-refractivity contribution in [3.05, 3.63) is 42.1 Å². The van der Waals surface area contributed by atoms with Crippen LogP contribution in [-0.2, 0) is 11.2 Å². The molecule has 1 aliphatic heterocycles. The van der Waals surface area contributed by atoms with Gasteiger partial charge in [0.1, 0.15) is 0 Å². The lowest BCUT2D eigenvalue weighted by Crippen LogP contribution is -2.36. The zero-order valence-corrected chi connectivity index (χ0v) is 14.9. The molecule has 128 valence electrons. The van der Waals surface area contributed by atoms with Crippen molar-refractivity contribution >= 4 is 16.8 Å². The smallest absolute Gasteiger partial charge is 0.219 e. The molecule has 1 atom stereocenters. The van der Waals surface area contributed by atoms with Crippen molar-refractivity contribution in [3.63, 3.8) is 0 Å². The molecule has 0 bridgehead atoms. The average molecular weight is 325 g/mol. The van der Waals surface area contributed by atoms with Crippen LogP contribution in [0.4, 0.5) is 0 Å². The SMILES string of the molecule is CC(=O)N1CCN(C(C)C)CC(Cc2ccc3ncccc3c2)C1. The zero-order valence-electron chi connectivity index (χ0n) is 14.9. The molecule has 1 unspecified atom stereocenters. The van der Waals surface area contributed by atoms with Crippen LogP contribution in [0.3, 0.4) is 0 Å². The molecule has 0 aliphatic carbocycles. The molecular weight excluding hydrogens is 298 g/mol. The molecule has 2 heterocycles. The highest BCUT2D eigenvalue weighted by Crippen LogP contribution is 2.20. The predicted octanol–water partition coefficient (Wildman–Crippen LogP) is 2.97. The topological polar surface area (TPSA) is 36.4 Å². The van der Waals surface area contributed by atoms with E-state index in [9.17, 15) is 4.79 Å². The van der Waals surface area contributed by atoms with Crippen molar-refractivity contribution in [1.29, 1.82) is 0 Å². The van der Waals surface area contributed by atoms with E-state index in [0.29, 0.717) is 12.0 Å². The summed E-state index contributed by atoms with van der Waals surface area (Å²) in [4.78, 5) is 20.8. The molecule has 2 aromatic rings. The molecule has 1 saturated heterocycles. The number of aromatic nitrogens is 1. The Hall–Kier alpha value is -1.94. The minimum absolute atomic E-state index is 0.188. The van der Waals surface area contributed by atoms with Crippen molar-refractivity contribution in [2.75, 3.05) is 26.2 Å². The summed E-state index contributed by atoms with van der Waals surface area (Å²) in [6, 6.07) is 11.1. The van der Waals surface area contributed by atoms with E-state index in [4.69, 9.17) is 0 Å². The summed E-state index contributed by atoms with van der Waals surface area (Å²) < 4.78 is 0. The third kappa shape index (κ3) is 3.93. The van der Waals surface area contributed by atoms with Crippen LogP contribution in [0.15, 0.2) is 36.5 Å². The van der Waals surface area contributed by atoms with Crippen molar-refractivity contribution in [2.45, 2.75) is 33.2 Å². The molecule has 24 heavy (non-hydrogen) atoms. The second kappa shape index (κ2) is 7.31. The van der Waals surface area contributed by atoms with E-state index < -0.39 is 0 Å². The number of benzene rings is 1. The standard InChI is InChI=1S/C20H27N3O/c1-15(2)22-9-10-23(16(3)24)14-18(13-22)11-17-6-7-20-19(12-17)5-4-8-21-20/h4-8,12,15,18H,9-11,13-14H2,1-3H3. The predicted molar refractivity (Wildman–Crippen MR) is 97.9 cm³/mol. The van der Waals surface area contributed by atoms with Gasteiger partial charge in [0.05, 0.1) is 5.52 Å². The molecule has 3 rings (SSSR count). The third-order valence-corrected chi connectivity index (χ3v) is 5.00. The molecule has 4 nitrogen and oxygen atoms in total. The van der Waals surface area contributed by atoms with Gasteiger partial charge in [0.2, 0.25) is 5.91 Å². The Labute approximate surface area is 144 Å². The quantitative estimate of drug-likeness (QED) is 0.870. The van der Waals surface area contributed by atoms with Crippen LogP contribution in [-0.4, -0.2) is 52.9 Å². The first kappa shape index (κ1) is 16.9. The monoisotopic (exact) mass is 325 g/mol. The summed E-state index contributed by atoms with van der Waals surface area (Å²) in [5, 5.41) is 1.19. The highest BCUT2D eigenvalue weighted by molar-refractivity contribution is 5.78. The van der Waals surface area contributed by atoms with Gasteiger partial charge >= 0.3 is 0 Å². The number of carbonyl (C=O) groups excluding carboxylic acids is 1. The number of carbonyl (C=O) groups is 1.